The highest BCUT2D eigenvalue weighted by Crippen LogP contribution is 2.26. The third kappa shape index (κ3) is 4.94. The van der Waals surface area contributed by atoms with E-state index in [2.05, 4.69) is 16.0 Å². The number of nitriles is 1. The topological polar surface area (TPSA) is 60.2 Å². The van der Waals surface area contributed by atoms with Gasteiger partial charge in [0.15, 0.2) is 0 Å². The predicted octanol–water partition coefficient (Wildman–Crippen LogP) is 5.19. The van der Waals surface area contributed by atoms with E-state index >= 15 is 0 Å². The van der Waals surface area contributed by atoms with Gasteiger partial charge in [0.25, 0.3) is 5.91 Å². The molecule has 0 unspecified atom stereocenters. The lowest BCUT2D eigenvalue weighted by Crippen LogP contribution is -2.48. The normalized spacial score (nSPS) is 14.2. The van der Waals surface area contributed by atoms with Crippen LogP contribution in [0, 0.1) is 18.3 Å². The summed E-state index contributed by atoms with van der Waals surface area (Å²) in [4.78, 5) is 22.0. The first-order valence-electron chi connectivity index (χ1n) is 10.4. The maximum absolute atomic E-state index is 13.2. The highest BCUT2D eigenvalue weighted by Gasteiger charge is 2.25. The first kappa shape index (κ1) is 22.3. The van der Waals surface area contributed by atoms with Gasteiger partial charge in [-0.25, -0.2) is 0 Å². The molecule has 4 rings (SSSR count). The Morgan fingerprint density at radius 1 is 1.00 bits per heavy atom. The van der Waals surface area contributed by atoms with Gasteiger partial charge in [-0.1, -0.05) is 47.5 Å². The Bertz CT molecular complexity index is 1160. The summed E-state index contributed by atoms with van der Waals surface area (Å²) in [7, 11) is 0. The van der Waals surface area contributed by atoms with Crippen LogP contribution in [0.5, 0.6) is 0 Å². The lowest BCUT2D eigenvalue weighted by Gasteiger charge is -2.35. The number of aromatic nitrogens is 1. The summed E-state index contributed by atoms with van der Waals surface area (Å²) in [6.45, 7) is 5.47. The molecule has 1 aromatic heterocycles. The Labute approximate surface area is 197 Å². The van der Waals surface area contributed by atoms with E-state index < -0.39 is 0 Å². The van der Waals surface area contributed by atoms with E-state index in [4.69, 9.17) is 23.2 Å². The van der Waals surface area contributed by atoms with Gasteiger partial charge in [0.05, 0.1) is 22.5 Å². The van der Waals surface area contributed by atoms with E-state index in [1.807, 2.05) is 48.2 Å². The molecule has 0 bridgehead atoms. The second kappa shape index (κ2) is 9.70. The summed E-state index contributed by atoms with van der Waals surface area (Å²) < 4.78 is 0. The maximum Gasteiger partial charge on any atom is 0.255 e. The van der Waals surface area contributed by atoms with Crippen LogP contribution in [-0.2, 0) is 6.54 Å². The zero-order valence-corrected chi connectivity index (χ0v) is 19.2. The van der Waals surface area contributed by atoms with Gasteiger partial charge in [-0.2, -0.15) is 5.26 Å². The molecule has 0 saturated carbocycles. The third-order valence-corrected chi connectivity index (χ3v) is 6.16. The van der Waals surface area contributed by atoms with Gasteiger partial charge in [0.2, 0.25) is 0 Å². The number of amides is 1. The molecule has 0 radical (unpaired) electrons. The average Bonchev–Trinajstić information content (AvgIpc) is 2.81. The van der Waals surface area contributed by atoms with Crippen LogP contribution in [0.3, 0.4) is 0 Å². The number of benzene rings is 2. The van der Waals surface area contributed by atoms with Crippen molar-refractivity contribution < 1.29 is 4.79 Å². The first-order chi connectivity index (χ1) is 15.4. The van der Waals surface area contributed by atoms with E-state index in [0.717, 1.165) is 30.2 Å². The van der Waals surface area contributed by atoms with Gasteiger partial charge >= 0.3 is 0 Å². The van der Waals surface area contributed by atoms with E-state index in [1.165, 1.54) is 5.56 Å². The zero-order valence-electron chi connectivity index (χ0n) is 17.7. The van der Waals surface area contributed by atoms with Gasteiger partial charge in [-0.15, -0.1) is 0 Å². The molecule has 2 heterocycles. The first-order valence-corrected chi connectivity index (χ1v) is 11.1. The van der Waals surface area contributed by atoms with Crippen LogP contribution < -0.4 is 0 Å². The van der Waals surface area contributed by atoms with Crippen LogP contribution in [0.4, 0.5) is 0 Å². The molecule has 5 nitrogen and oxygen atoms in total. The fraction of sp³-hybridized carbons (Fsp3) is 0.240. The SMILES string of the molecule is Cc1nc(-c2ccc(Cl)cc2)c(C#N)cc1C(=O)N1CCN(Cc2ccc(Cl)cc2)CC1. The molecule has 2 aromatic carbocycles. The molecule has 1 saturated heterocycles. The third-order valence-electron chi connectivity index (χ3n) is 5.66. The van der Waals surface area contributed by atoms with Crippen molar-refractivity contribution in [1.82, 2.24) is 14.8 Å². The number of hydrogen-bond acceptors (Lipinski definition) is 4. The molecule has 0 N–H and O–H groups in total. The van der Waals surface area contributed by atoms with Gasteiger partial charge in [0, 0.05) is 48.3 Å². The fourth-order valence-corrected chi connectivity index (χ4v) is 4.11. The number of pyridine rings is 1. The molecule has 1 aliphatic rings. The number of halogens is 2. The number of carbonyl (C=O) groups excluding carboxylic acids is 1. The molecule has 162 valence electrons. The van der Waals surface area contributed by atoms with Gasteiger partial charge in [-0.05, 0) is 42.8 Å². The summed E-state index contributed by atoms with van der Waals surface area (Å²) in [5, 5.41) is 11.0. The van der Waals surface area contributed by atoms with Crippen molar-refractivity contribution in [2.24, 2.45) is 0 Å². The maximum atomic E-state index is 13.2. The summed E-state index contributed by atoms with van der Waals surface area (Å²) >= 11 is 11.9. The van der Waals surface area contributed by atoms with Gasteiger partial charge in [-0.3, -0.25) is 14.7 Å². The molecule has 32 heavy (non-hydrogen) atoms. The average molecular weight is 465 g/mol. The highest BCUT2D eigenvalue weighted by atomic mass is 35.5. The molecule has 3 aromatic rings. The van der Waals surface area contributed by atoms with Crippen molar-refractivity contribution in [3.8, 4) is 17.3 Å². The van der Waals surface area contributed by atoms with Gasteiger partial charge in [0.1, 0.15) is 6.07 Å². The van der Waals surface area contributed by atoms with E-state index in [9.17, 15) is 10.1 Å². The number of hydrogen-bond donors (Lipinski definition) is 0. The number of aryl methyl sites for hydroxylation is 1. The van der Waals surface area contributed by atoms with Crippen molar-refractivity contribution >= 4 is 29.1 Å². The molecular formula is C25H22Cl2N4O. The van der Waals surface area contributed by atoms with Crippen molar-refractivity contribution in [1.29, 1.82) is 5.26 Å². The standard InChI is InChI=1S/C25H22Cl2N4O/c1-17-23(14-20(15-28)24(29-17)19-4-8-22(27)9-5-19)25(32)31-12-10-30(11-13-31)16-18-2-6-21(26)7-3-18/h2-9,14H,10-13,16H2,1H3. The van der Waals surface area contributed by atoms with Crippen molar-refractivity contribution in [2.75, 3.05) is 26.2 Å². The molecule has 7 heteroatoms. The van der Waals surface area contributed by atoms with Crippen LogP contribution in [0.25, 0.3) is 11.3 Å². The molecule has 0 spiro atoms. The molecular weight excluding hydrogens is 443 g/mol. The second-order valence-electron chi connectivity index (χ2n) is 7.83. The summed E-state index contributed by atoms with van der Waals surface area (Å²) in [6.07, 6.45) is 0. The largest absolute Gasteiger partial charge is 0.336 e. The van der Waals surface area contributed by atoms with Crippen LogP contribution in [-0.4, -0.2) is 46.9 Å². The van der Waals surface area contributed by atoms with Crippen LogP contribution in [0.15, 0.2) is 54.6 Å². The summed E-state index contributed by atoms with van der Waals surface area (Å²) in [6, 6.07) is 18.9. The van der Waals surface area contributed by atoms with Crippen LogP contribution in [0.2, 0.25) is 10.0 Å². The Hall–Kier alpha value is -2.91. The Kier molecular flexibility index (Phi) is 6.76. The quantitative estimate of drug-likeness (QED) is 0.532. The molecule has 1 aliphatic heterocycles. The summed E-state index contributed by atoms with van der Waals surface area (Å²) in [5.41, 5.74) is 4.02. The second-order valence-corrected chi connectivity index (χ2v) is 8.70. The predicted molar refractivity (Wildman–Crippen MR) is 127 cm³/mol. The minimum atomic E-state index is -0.0831. The highest BCUT2D eigenvalue weighted by molar-refractivity contribution is 6.30. The minimum Gasteiger partial charge on any atom is -0.336 e. The minimum absolute atomic E-state index is 0.0831. The van der Waals surface area contributed by atoms with Crippen LogP contribution in [0.1, 0.15) is 27.2 Å². The zero-order chi connectivity index (χ0) is 22.7. The molecule has 1 fully saturated rings. The monoisotopic (exact) mass is 464 g/mol. The lowest BCUT2D eigenvalue weighted by molar-refractivity contribution is 0.0627. The van der Waals surface area contributed by atoms with E-state index in [0.29, 0.717) is 40.6 Å². The van der Waals surface area contributed by atoms with Crippen molar-refractivity contribution in [3.63, 3.8) is 0 Å². The van der Waals surface area contributed by atoms with Crippen LogP contribution >= 0.6 is 23.2 Å². The Balaban J connectivity index is 1.47. The number of carbonyl (C=O) groups is 1. The van der Waals surface area contributed by atoms with E-state index in [1.54, 1.807) is 18.2 Å². The number of piperazine rings is 1. The summed E-state index contributed by atoms with van der Waals surface area (Å²) in [5.74, 6) is -0.0831. The lowest BCUT2D eigenvalue weighted by atomic mass is 10.0. The molecule has 0 atom stereocenters. The Morgan fingerprint density at radius 2 is 1.59 bits per heavy atom. The van der Waals surface area contributed by atoms with E-state index in [-0.39, 0.29) is 5.91 Å². The fourth-order valence-electron chi connectivity index (χ4n) is 3.86. The number of rotatable bonds is 4. The number of nitrogens with zero attached hydrogens (tertiary/aromatic N) is 4. The Morgan fingerprint density at radius 3 is 2.19 bits per heavy atom. The van der Waals surface area contributed by atoms with Crippen molar-refractivity contribution in [3.05, 3.63) is 87.0 Å². The van der Waals surface area contributed by atoms with Gasteiger partial charge < -0.3 is 4.90 Å². The van der Waals surface area contributed by atoms with Crippen molar-refractivity contribution in [2.45, 2.75) is 13.5 Å². The molecule has 0 aliphatic carbocycles. The molecule has 1 amide bonds. The smallest absolute Gasteiger partial charge is 0.255 e.